The van der Waals surface area contributed by atoms with Gasteiger partial charge >= 0.3 is 0 Å². The SMILES string of the molecule is COCCN(CCN(Cn1nc(C)cc1C)Cn1nc(C)cc1C)Cn1nc(C)cc1C. The van der Waals surface area contributed by atoms with Gasteiger partial charge in [0.2, 0.25) is 0 Å². The van der Waals surface area contributed by atoms with E-state index in [0.29, 0.717) is 6.61 Å². The predicted octanol–water partition coefficient (Wildman–Crippen LogP) is 2.65. The third kappa shape index (κ3) is 6.51. The highest BCUT2D eigenvalue weighted by Crippen LogP contribution is 2.09. The maximum Gasteiger partial charge on any atom is 0.0946 e. The lowest BCUT2D eigenvalue weighted by Gasteiger charge is -2.28. The van der Waals surface area contributed by atoms with E-state index in [9.17, 15) is 0 Å². The first kappa shape index (κ1) is 24.2. The normalized spacial score (nSPS) is 11.9. The Balaban J connectivity index is 1.73. The molecular weight excluding hydrogens is 404 g/mol. The number of methoxy groups -OCH3 is 1. The number of rotatable bonds is 12. The Bertz CT molecular complexity index is 954. The molecule has 0 saturated carbocycles. The van der Waals surface area contributed by atoms with Crippen molar-refractivity contribution in [2.45, 2.75) is 61.5 Å². The molecule has 176 valence electrons. The van der Waals surface area contributed by atoms with E-state index >= 15 is 0 Å². The number of ether oxygens (including phenoxy) is 1. The monoisotopic (exact) mass is 442 g/mol. The number of hydrogen-bond acceptors (Lipinski definition) is 6. The highest BCUT2D eigenvalue weighted by molar-refractivity contribution is 5.08. The van der Waals surface area contributed by atoms with E-state index in [1.165, 1.54) is 17.1 Å². The minimum absolute atomic E-state index is 0.689. The summed E-state index contributed by atoms with van der Waals surface area (Å²) in [5.41, 5.74) is 6.64. The Hall–Kier alpha value is -2.49. The molecule has 0 aliphatic heterocycles. The van der Waals surface area contributed by atoms with Gasteiger partial charge in [0.15, 0.2) is 0 Å². The summed E-state index contributed by atoms with van der Waals surface area (Å²) < 4.78 is 11.6. The van der Waals surface area contributed by atoms with Crippen molar-refractivity contribution in [3.8, 4) is 0 Å². The van der Waals surface area contributed by atoms with Gasteiger partial charge in [-0.05, 0) is 59.7 Å². The van der Waals surface area contributed by atoms with Crippen LogP contribution >= 0.6 is 0 Å². The fourth-order valence-corrected chi connectivity index (χ4v) is 3.97. The molecule has 3 aromatic heterocycles. The molecule has 3 rings (SSSR count). The molecule has 0 atom stereocenters. The number of aryl methyl sites for hydroxylation is 6. The predicted molar refractivity (Wildman–Crippen MR) is 125 cm³/mol. The van der Waals surface area contributed by atoms with Crippen molar-refractivity contribution in [1.82, 2.24) is 39.1 Å². The van der Waals surface area contributed by atoms with E-state index in [2.05, 4.69) is 78.1 Å². The minimum atomic E-state index is 0.689. The van der Waals surface area contributed by atoms with E-state index in [1.54, 1.807) is 7.11 Å². The van der Waals surface area contributed by atoms with Crippen molar-refractivity contribution in [2.24, 2.45) is 0 Å². The van der Waals surface area contributed by atoms with E-state index in [4.69, 9.17) is 4.74 Å². The zero-order valence-corrected chi connectivity index (χ0v) is 20.7. The van der Waals surface area contributed by atoms with Gasteiger partial charge in [-0.15, -0.1) is 0 Å². The highest BCUT2D eigenvalue weighted by Gasteiger charge is 2.15. The van der Waals surface area contributed by atoms with Crippen molar-refractivity contribution in [2.75, 3.05) is 33.4 Å². The van der Waals surface area contributed by atoms with Crippen LogP contribution in [0.2, 0.25) is 0 Å². The second-order valence-electron chi connectivity index (χ2n) is 8.71. The van der Waals surface area contributed by atoms with Crippen LogP contribution in [-0.2, 0) is 24.7 Å². The Morgan fingerprint density at radius 3 is 1.34 bits per heavy atom. The second kappa shape index (κ2) is 10.9. The molecule has 0 aliphatic rings. The minimum Gasteiger partial charge on any atom is -0.383 e. The lowest BCUT2D eigenvalue weighted by atomic mass is 10.4. The Morgan fingerprint density at radius 1 is 0.625 bits per heavy atom. The number of nitrogens with zero attached hydrogens (tertiary/aromatic N) is 8. The number of hydrogen-bond donors (Lipinski definition) is 0. The second-order valence-corrected chi connectivity index (χ2v) is 8.71. The Labute approximate surface area is 191 Å². The fraction of sp³-hybridized carbons (Fsp3) is 0.609. The molecule has 0 aromatic carbocycles. The molecule has 3 aromatic rings. The molecule has 9 nitrogen and oxygen atoms in total. The molecular formula is C23H38N8O. The van der Waals surface area contributed by atoms with Crippen LogP contribution in [0.4, 0.5) is 0 Å². The molecule has 0 fully saturated rings. The summed E-state index contributed by atoms with van der Waals surface area (Å²) in [7, 11) is 1.75. The molecule has 0 spiro atoms. The van der Waals surface area contributed by atoms with Crippen molar-refractivity contribution in [1.29, 1.82) is 0 Å². The molecule has 32 heavy (non-hydrogen) atoms. The zero-order chi connectivity index (χ0) is 23.3. The summed E-state index contributed by atoms with van der Waals surface area (Å²) in [5.74, 6) is 0. The summed E-state index contributed by atoms with van der Waals surface area (Å²) in [4.78, 5) is 4.78. The quantitative estimate of drug-likeness (QED) is 0.430. The van der Waals surface area contributed by atoms with Gasteiger partial charge in [0.1, 0.15) is 0 Å². The van der Waals surface area contributed by atoms with Crippen molar-refractivity contribution in [3.63, 3.8) is 0 Å². The van der Waals surface area contributed by atoms with Crippen LogP contribution in [0.25, 0.3) is 0 Å². The van der Waals surface area contributed by atoms with Crippen LogP contribution in [0.1, 0.15) is 34.2 Å². The largest absolute Gasteiger partial charge is 0.383 e. The Kier molecular flexibility index (Phi) is 8.22. The van der Waals surface area contributed by atoms with Crippen molar-refractivity contribution < 1.29 is 4.74 Å². The first-order valence-corrected chi connectivity index (χ1v) is 11.2. The molecule has 0 bridgehead atoms. The van der Waals surface area contributed by atoms with Gasteiger partial charge in [-0.2, -0.15) is 15.3 Å². The third-order valence-corrected chi connectivity index (χ3v) is 5.66. The van der Waals surface area contributed by atoms with Crippen LogP contribution < -0.4 is 0 Å². The lowest BCUT2D eigenvalue weighted by Crippen LogP contribution is -2.40. The van der Waals surface area contributed by atoms with Gasteiger partial charge in [-0.3, -0.25) is 23.8 Å². The topological polar surface area (TPSA) is 69.2 Å². The molecule has 0 saturated heterocycles. The third-order valence-electron chi connectivity index (χ3n) is 5.66. The van der Waals surface area contributed by atoms with Crippen LogP contribution in [0.3, 0.4) is 0 Å². The van der Waals surface area contributed by atoms with Gasteiger partial charge in [-0.1, -0.05) is 0 Å². The van der Waals surface area contributed by atoms with Crippen LogP contribution in [-0.4, -0.2) is 72.5 Å². The van der Waals surface area contributed by atoms with Crippen LogP contribution in [0.5, 0.6) is 0 Å². The van der Waals surface area contributed by atoms with Gasteiger partial charge in [0.05, 0.1) is 43.7 Å². The fourth-order valence-electron chi connectivity index (χ4n) is 3.97. The van der Waals surface area contributed by atoms with Crippen molar-refractivity contribution >= 4 is 0 Å². The van der Waals surface area contributed by atoms with Gasteiger partial charge in [-0.25, -0.2) is 0 Å². The molecule has 0 aliphatic carbocycles. The lowest BCUT2D eigenvalue weighted by molar-refractivity contribution is 0.0895. The summed E-state index contributed by atoms with van der Waals surface area (Å²) in [6, 6.07) is 6.36. The van der Waals surface area contributed by atoms with E-state index in [1.807, 2.05) is 20.8 Å². The standard InChI is InChI=1S/C23H38N8O/c1-18-12-21(4)29(24-18)15-27(10-11-32-7)8-9-28(16-30-22(5)13-19(2)25-30)17-31-23(6)14-20(3)26-31/h12-14H,8-11,15-17H2,1-7H3. The summed E-state index contributed by atoms with van der Waals surface area (Å²) >= 11 is 0. The molecule has 9 heteroatoms. The highest BCUT2D eigenvalue weighted by atomic mass is 16.5. The number of aromatic nitrogens is 6. The van der Waals surface area contributed by atoms with E-state index in [-0.39, 0.29) is 0 Å². The summed E-state index contributed by atoms with van der Waals surface area (Å²) in [5, 5.41) is 14.0. The van der Waals surface area contributed by atoms with E-state index < -0.39 is 0 Å². The molecule has 3 heterocycles. The average molecular weight is 443 g/mol. The zero-order valence-electron chi connectivity index (χ0n) is 20.7. The molecule has 0 amide bonds. The maximum atomic E-state index is 5.37. The molecule has 0 radical (unpaired) electrons. The van der Waals surface area contributed by atoms with Gasteiger partial charge < -0.3 is 4.74 Å². The smallest absolute Gasteiger partial charge is 0.0946 e. The molecule has 0 unspecified atom stereocenters. The van der Waals surface area contributed by atoms with Crippen molar-refractivity contribution in [3.05, 3.63) is 52.4 Å². The van der Waals surface area contributed by atoms with Gasteiger partial charge in [0.25, 0.3) is 0 Å². The Morgan fingerprint density at radius 2 is 1.00 bits per heavy atom. The van der Waals surface area contributed by atoms with Gasteiger partial charge in [0, 0.05) is 43.8 Å². The summed E-state index contributed by atoms with van der Waals surface area (Å²) in [6.07, 6.45) is 0. The van der Waals surface area contributed by atoms with Crippen LogP contribution in [0, 0.1) is 41.5 Å². The van der Waals surface area contributed by atoms with E-state index in [0.717, 1.165) is 56.7 Å². The summed E-state index contributed by atoms with van der Waals surface area (Å²) in [6.45, 7) is 17.9. The molecule has 0 N–H and O–H groups in total. The average Bonchev–Trinajstić information content (AvgIpc) is 3.32. The maximum absolute atomic E-state index is 5.37. The first-order valence-electron chi connectivity index (χ1n) is 11.2. The van der Waals surface area contributed by atoms with Crippen LogP contribution in [0.15, 0.2) is 18.2 Å². The first-order chi connectivity index (χ1) is 15.2.